The lowest BCUT2D eigenvalue weighted by Gasteiger charge is -2.18. The molecule has 156 valence electrons. The van der Waals surface area contributed by atoms with Gasteiger partial charge >= 0.3 is 0 Å². The van der Waals surface area contributed by atoms with Crippen molar-refractivity contribution in [2.24, 2.45) is 0 Å². The standard InChI is InChI=1S/C21H25N7O2/c1-4-28-13(2)16(10-22-28)21(30)27-11-17(19-23-14(3)25-26-19)18(12-27)24-20(29)15-8-6-5-7-9-15/h5-10,17-18H,4,11-12H2,1-3H3,(H,24,29)(H,23,25,26)/t17-,18-/m1/s1. The fourth-order valence-corrected chi connectivity index (χ4v) is 3.89. The van der Waals surface area contributed by atoms with E-state index in [1.54, 1.807) is 27.9 Å². The van der Waals surface area contributed by atoms with Gasteiger partial charge in [-0.25, -0.2) is 4.98 Å². The zero-order valence-corrected chi connectivity index (χ0v) is 17.3. The number of likely N-dealkylation sites (tertiary alicyclic amines) is 1. The Bertz CT molecular complexity index is 1060. The van der Waals surface area contributed by atoms with Gasteiger partial charge in [0, 0.05) is 30.9 Å². The van der Waals surface area contributed by atoms with Gasteiger partial charge in [-0.15, -0.1) is 0 Å². The lowest BCUT2D eigenvalue weighted by molar-refractivity contribution is 0.0781. The number of benzene rings is 1. The number of H-pyrrole nitrogens is 1. The Morgan fingerprint density at radius 2 is 1.97 bits per heavy atom. The maximum Gasteiger partial charge on any atom is 0.257 e. The van der Waals surface area contributed by atoms with Gasteiger partial charge in [0.2, 0.25) is 0 Å². The number of nitrogens with zero attached hydrogens (tertiary/aromatic N) is 5. The molecule has 2 aromatic heterocycles. The number of aryl methyl sites for hydroxylation is 2. The Hall–Kier alpha value is -3.49. The molecule has 1 aliphatic rings. The second kappa shape index (κ2) is 8.10. The van der Waals surface area contributed by atoms with Gasteiger partial charge in [0.1, 0.15) is 5.82 Å². The average Bonchev–Trinajstić information content (AvgIpc) is 3.46. The molecule has 1 aromatic carbocycles. The Labute approximate surface area is 174 Å². The fourth-order valence-electron chi connectivity index (χ4n) is 3.89. The summed E-state index contributed by atoms with van der Waals surface area (Å²) in [6.07, 6.45) is 1.61. The van der Waals surface area contributed by atoms with Crippen LogP contribution in [0.3, 0.4) is 0 Å². The molecule has 9 nitrogen and oxygen atoms in total. The van der Waals surface area contributed by atoms with Gasteiger partial charge in [0.15, 0.2) is 5.82 Å². The number of nitrogens with one attached hydrogen (secondary N) is 2. The van der Waals surface area contributed by atoms with E-state index in [0.717, 1.165) is 5.69 Å². The minimum atomic E-state index is -0.293. The van der Waals surface area contributed by atoms with Crippen LogP contribution in [0.25, 0.3) is 0 Å². The SMILES string of the molecule is CCn1ncc(C(=O)N2C[C@@H](NC(=O)c3ccccc3)[C@H](c3n[nH]c(C)n3)C2)c1C. The number of aromatic amines is 1. The number of carbonyl (C=O) groups is 2. The first kappa shape index (κ1) is 19.8. The van der Waals surface area contributed by atoms with Gasteiger partial charge in [-0.05, 0) is 32.9 Å². The van der Waals surface area contributed by atoms with E-state index >= 15 is 0 Å². The van der Waals surface area contributed by atoms with Crippen molar-refractivity contribution in [1.82, 2.24) is 35.2 Å². The Morgan fingerprint density at radius 3 is 2.60 bits per heavy atom. The minimum absolute atomic E-state index is 0.0964. The molecular formula is C21H25N7O2. The van der Waals surface area contributed by atoms with E-state index < -0.39 is 0 Å². The molecule has 9 heteroatoms. The van der Waals surface area contributed by atoms with Gasteiger partial charge < -0.3 is 10.2 Å². The summed E-state index contributed by atoms with van der Waals surface area (Å²) in [5.41, 5.74) is 1.99. The molecule has 1 fully saturated rings. The quantitative estimate of drug-likeness (QED) is 0.669. The smallest absolute Gasteiger partial charge is 0.257 e. The molecular weight excluding hydrogens is 382 g/mol. The van der Waals surface area contributed by atoms with Crippen LogP contribution in [-0.2, 0) is 6.54 Å². The number of amides is 2. The zero-order chi connectivity index (χ0) is 21.3. The largest absolute Gasteiger partial charge is 0.347 e. The van der Waals surface area contributed by atoms with E-state index in [-0.39, 0.29) is 23.8 Å². The van der Waals surface area contributed by atoms with Crippen molar-refractivity contribution < 1.29 is 9.59 Å². The molecule has 4 rings (SSSR count). The summed E-state index contributed by atoms with van der Waals surface area (Å²) in [4.78, 5) is 32.1. The first-order valence-corrected chi connectivity index (χ1v) is 10.0. The molecule has 3 heterocycles. The predicted molar refractivity (Wildman–Crippen MR) is 110 cm³/mol. The van der Waals surface area contributed by atoms with E-state index in [2.05, 4.69) is 25.6 Å². The summed E-state index contributed by atoms with van der Waals surface area (Å²) in [6, 6.07) is 8.75. The lowest BCUT2D eigenvalue weighted by atomic mass is 10.0. The second-order valence-electron chi connectivity index (χ2n) is 7.50. The fraction of sp³-hybridized carbons (Fsp3) is 0.381. The third kappa shape index (κ3) is 3.70. The Morgan fingerprint density at radius 1 is 1.20 bits per heavy atom. The summed E-state index contributed by atoms with van der Waals surface area (Å²) in [5, 5.41) is 14.5. The summed E-state index contributed by atoms with van der Waals surface area (Å²) < 4.78 is 1.80. The van der Waals surface area contributed by atoms with Crippen molar-refractivity contribution >= 4 is 11.8 Å². The zero-order valence-electron chi connectivity index (χ0n) is 17.3. The summed E-state index contributed by atoms with van der Waals surface area (Å²) in [6.45, 7) is 7.22. The van der Waals surface area contributed by atoms with Crippen LogP contribution in [0.1, 0.15) is 50.9 Å². The Balaban J connectivity index is 1.58. The van der Waals surface area contributed by atoms with E-state index in [0.29, 0.717) is 42.4 Å². The van der Waals surface area contributed by atoms with Crippen molar-refractivity contribution in [1.29, 1.82) is 0 Å². The summed E-state index contributed by atoms with van der Waals surface area (Å²) in [7, 11) is 0. The molecule has 0 saturated carbocycles. The van der Waals surface area contributed by atoms with Crippen LogP contribution >= 0.6 is 0 Å². The molecule has 2 N–H and O–H groups in total. The van der Waals surface area contributed by atoms with E-state index in [1.165, 1.54) is 0 Å². The molecule has 2 amide bonds. The summed E-state index contributed by atoms with van der Waals surface area (Å²) in [5.74, 6) is 0.821. The molecule has 1 saturated heterocycles. The third-order valence-corrected chi connectivity index (χ3v) is 5.54. The molecule has 0 unspecified atom stereocenters. The average molecular weight is 407 g/mol. The van der Waals surface area contributed by atoms with Crippen molar-refractivity contribution in [3.8, 4) is 0 Å². The highest BCUT2D eigenvalue weighted by atomic mass is 16.2. The molecule has 3 aromatic rings. The van der Waals surface area contributed by atoms with Gasteiger partial charge in [0.05, 0.1) is 23.7 Å². The van der Waals surface area contributed by atoms with Crippen molar-refractivity contribution in [2.75, 3.05) is 13.1 Å². The third-order valence-electron chi connectivity index (χ3n) is 5.54. The number of hydrogen-bond donors (Lipinski definition) is 2. The Kier molecular flexibility index (Phi) is 5.35. The van der Waals surface area contributed by atoms with Crippen LogP contribution in [0.5, 0.6) is 0 Å². The number of carbonyl (C=O) groups excluding carboxylic acids is 2. The van der Waals surface area contributed by atoms with Crippen molar-refractivity contribution in [2.45, 2.75) is 39.3 Å². The van der Waals surface area contributed by atoms with E-state index in [9.17, 15) is 9.59 Å². The summed E-state index contributed by atoms with van der Waals surface area (Å²) >= 11 is 0. The highest BCUT2D eigenvalue weighted by molar-refractivity contribution is 5.96. The molecule has 0 spiro atoms. The first-order valence-electron chi connectivity index (χ1n) is 10.0. The lowest BCUT2D eigenvalue weighted by Crippen LogP contribution is -2.40. The molecule has 0 aliphatic carbocycles. The molecule has 2 atom stereocenters. The predicted octanol–water partition coefficient (Wildman–Crippen LogP) is 1.68. The molecule has 30 heavy (non-hydrogen) atoms. The maximum absolute atomic E-state index is 13.2. The van der Waals surface area contributed by atoms with Crippen LogP contribution < -0.4 is 5.32 Å². The van der Waals surface area contributed by atoms with Crippen molar-refractivity contribution in [3.63, 3.8) is 0 Å². The maximum atomic E-state index is 13.2. The number of hydrogen-bond acceptors (Lipinski definition) is 5. The number of aromatic nitrogens is 5. The van der Waals surface area contributed by atoms with Gasteiger partial charge in [0.25, 0.3) is 11.8 Å². The molecule has 0 bridgehead atoms. The highest BCUT2D eigenvalue weighted by Gasteiger charge is 2.40. The van der Waals surface area contributed by atoms with Crippen LogP contribution in [-0.4, -0.2) is 60.8 Å². The molecule has 1 aliphatic heterocycles. The topological polar surface area (TPSA) is 109 Å². The van der Waals surface area contributed by atoms with Crippen molar-refractivity contribution in [3.05, 3.63) is 65.0 Å². The van der Waals surface area contributed by atoms with Gasteiger partial charge in [-0.1, -0.05) is 18.2 Å². The highest BCUT2D eigenvalue weighted by Crippen LogP contribution is 2.27. The first-order chi connectivity index (χ1) is 14.5. The van der Waals surface area contributed by atoms with Gasteiger partial charge in [-0.3, -0.25) is 19.4 Å². The van der Waals surface area contributed by atoms with Crippen LogP contribution in [0, 0.1) is 13.8 Å². The molecule has 0 radical (unpaired) electrons. The van der Waals surface area contributed by atoms with Crippen LogP contribution in [0.15, 0.2) is 36.5 Å². The van der Waals surface area contributed by atoms with Crippen LogP contribution in [0.2, 0.25) is 0 Å². The van der Waals surface area contributed by atoms with Crippen LogP contribution in [0.4, 0.5) is 0 Å². The van der Waals surface area contributed by atoms with Gasteiger partial charge in [-0.2, -0.15) is 10.2 Å². The number of rotatable bonds is 5. The van der Waals surface area contributed by atoms with E-state index in [4.69, 9.17) is 0 Å². The normalized spacial score (nSPS) is 18.6. The minimum Gasteiger partial charge on any atom is -0.347 e. The monoisotopic (exact) mass is 407 g/mol. The second-order valence-corrected chi connectivity index (χ2v) is 7.50. The van der Waals surface area contributed by atoms with E-state index in [1.807, 2.05) is 39.0 Å².